The second-order valence-corrected chi connectivity index (χ2v) is 4.34. The molecule has 0 saturated carbocycles. The van der Waals surface area contributed by atoms with Gasteiger partial charge in [-0.25, -0.2) is 4.98 Å². The Bertz CT molecular complexity index is 486. The Morgan fingerprint density at radius 1 is 1.12 bits per heavy atom. The normalized spacial score (nSPS) is 10.4. The molecule has 2 nitrogen and oxygen atoms in total. The Morgan fingerprint density at radius 2 is 1.88 bits per heavy atom. The molecule has 2 aromatic rings. The van der Waals surface area contributed by atoms with Gasteiger partial charge in [0.2, 0.25) is 0 Å². The Kier molecular flexibility index (Phi) is 2.84. The summed E-state index contributed by atoms with van der Waals surface area (Å²) in [6, 6.07) is 8.10. The van der Waals surface area contributed by atoms with E-state index < -0.39 is 0 Å². The van der Waals surface area contributed by atoms with Crippen LogP contribution in [-0.2, 0) is 0 Å². The third kappa shape index (κ3) is 2.02. The van der Waals surface area contributed by atoms with Crippen LogP contribution in [0.15, 0.2) is 30.5 Å². The molecule has 0 bridgehead atoms. The van der Waals surface area contributed by atoms with Crippen molar-refractivity contribution in [3.8, 4) is 11.1 Å². The fourth-order valence-corrected chi connectivity index (χ4v) is 1.85. The number of rotatable bonds is 1. The highest BCUT2D eigenvalue weighted by Crippen LogP contribution is 2.30. The minimum Gasteiger partial charge on any atom is -0.383 e. The van der Waals surface area contributed by atoms with Crippen molar-refractivity contribution < 1.29 is 0 Å². The van der Waals surface area contributed by atoms with Crippen molar-refractivity contribution in [3.05, 3.63) is 46.6 Å². The zero-order valence-electron chi connectivity index (χ0n) is 9.29. The van der Waals surface area contributed by atoms with E-state index in [9.17, 15) is 0 Å². The molecule has 0 aliphatic rings. The molecule has 0 atom stereocenters. The van der Waals surface area contributed by atoms with Gasteiger partial charge in [-0.1, -0.05) is 35.4 Å². The highest BCUT2D eigenvalue weighted by molar-refractivity contribution is 6.30. The van der Waals surface area contributed by atoms with Gasteiger partial charge in [0.05, 0.1) is 5.02 Å². The van der Waals surface area contributed by atoms with E-state index in [1.165, 1.54) is 11.1 Å². The lowest BCUT2D eigenvalue weighted by molar-refractivity contribution is 1.32. The molecular weight excluding hydrogens is 220 g/mol. The van der Waals surface area contributed by atoms with Gasteiger partial charge in [-0.2, -0.15) is 0 Å². The zero-order chi connectivity index (χ0) is 11.7. The lowest BCUT2D eigenvalue weighted by Crippen LogP contribution is -1.95. The summed E-state index contributed by atoms with van der Waals surface area (Å²) in [6.07, 6.45) is 1.56. The first-order valence-electron chi connectivity index (χ1n) is 5.06. The van der Waals surface area contributed by atoms with Gasteiger partial charge in [-0.3, -0.25) is 0 Å². The van der Waals surface area contributed by atoms with Crippen LogP contribution in [0.4, 0.5) is 5.82 Å². The molecule has 0 unspecified atom stereocenters. The maximum atomic E-state index is 5.94. The monoisotopic (exact) mass is 232 g/mol. The molecule has 82 valence electrons. The molecule has 1 heterocycles. The molecule has 3 heteroatoms. The van der Waals surface area contributed by atoms with E-state index in [1.807, 2.05) is 6.07 Å². The summed E-state index contributed by atoms with van der Waals surface area (Å²) in [6.45, 7) is 4.10. The van der Waals surface area contributed by atoms with Gasteiger partial charge in [0.15, 0.2) is 0 Å². The summed E-state index contributed by atoms with van der Waals surface area (Å²) in [5.41, 5.74) is 10.2. The maximum absolute atomic E-state index is 5.94. The summed E-state index contributed by atoms with van der Waals surface area (Å²) in [5, 5.41) is 0.602. The number of aryl methyl sites for hydroxylation is 2. The molecule has 2 N–H and O–H groups in total. The first-order chi connectivity index (χ1) is 7.58. The molecule has 0 saturated heterocycles. The average molecular weight is 233 g/mol. The summed E-state index contributed by atoms with van der Waals surface area (Å²) in [5.74, 6) is 0.512. The maximum Gasteiger partial charge on any atom is 0.131 e. The number of nitrogens with zero attached hydrogens (tertiary/aromatic N) is 1. The number of anilines is 1. The predicted octanol–water partition coefficient (Wildman–Crippen LogP) is 3.60. The van der Waals surface area contributed by atoms with Crippen molar-refractivity contribution in [1.82, 2.24) is 4.98 Å². The molecule has 16 heavy (non-hydrogen) atoms. The lowest BCUT2D eigenvalue weighted by atomic mass is 9.99. The van der Waals surface area contributed by atoms with Crippen LogP contribution in [-0.4, -0.2) is 4.98 Å². The number of benzene rings is 1. The van der Waals surface area contributed by atoms with Crippen LogP contribution in [0.2, 0.25) is 5.02 Å². The fraction of sp³-hybridized carbons (Fsp3) is 0.154. The van der Waals surface area contributed by atoms with E-state index >= 15 is 0 Å². The second kappa shape index (κ2) is 4.14. The topological polar surface area (TPSA) is 38.9 Å². The van der Waals surface area contributed by atoms with Crippen molar-refractivity contribution >= 4 is 17.4 Å². The Hall–Kier alpha value is -1.54. The van der Waals surface area contributed by atoms with E-state index in [0.29, 0.717) is 10.8 Å². The third-order valence-electron chi connectivity index (χ3n) is 2.57. The van der Waals surface area contributed by atoms with Gasteiger partial charge in [-0.05, 0) is 31.0 Å². The third-order valence-corrected chi connectivity index (χ3v) is 2.78. The highest BCUT2D eigenvalue weighted by atomic mass is 35.5. The Balaban J connectivity index is 2.66. The van der Waals surface area contributed by atoms with Gasteiger partial charge >= 0.3 is 0 Å². The van der Waals surface area contributed by atoms with Crippen molar-refractivity contribution in [2.24, 2.45) is 0 Å². The van der Waals surface area contributed by atoms with Crippen LogP contribution < -0.4 is 5.73 Å². The van der Waals surface area contributed by atoms with Gasteiger partial charge in [0.25, 0.3) is 0 Å². The SMILES string of the molecule is Cc1ccc(C)c(-c2cc(Cl)cnc2N)c1. The minimum atomic E-state index is 0.512. The van der Waals surface area contributed by atoms with Crippen LogP contribution in [0.1, 0.15) is 11.1 Å². The van der Waals surface area contributed by atoms with Gasteiger partial charge in [0, 0.05) is 11.8 Å². The molecule has 0 amide bonds. The minimum absolute atomic E-state index is 0.512. The molecule has 0 spiro atoms. The molecule has 0 aliphatic heterocycles. The average Bonchev–Trinajstić information content (AvgIpc) is 2.25. The van der Waals surface area contributed by atoms with Crippen molar-refractivity contribution in [2.45, 2.75) is 13.8 Å². The van der Waals surface area contributed by atoms with Crippen LogP contribution in [0, 0.1) is 13.8 Å². The molecule has 1 aromatic heterocycles. The largest absolute Gasteiger partial charge is 0.383 e. The number of hydrogen-bond donors (Lipinski definition) is 1. The first kappa shape index (κ1) is 11.0. The predicted molar refractivity (Wildman–Crippen MR) is 68.6 cm³/mol. The number of nitrogen functional groups attached to an aromatic ring is 1. The van der Waals surface area contributed by atoms with Crippen molar-refractivity contribution in [2.75, 3.05) is 5.73 Å². The van der Waals surface area contributed by atoms with Crippen LogP contribution in [0.5, 0.6) is 0 Å². The standard InChI is InChI=1S/C13H13ClN2/c1-8-3-4-9(2)11(5-8)12-6-10(14)7-16-13(12)15/h3-7H,1-2H3,(H2,15,16). The quantitative estimate of drug-likeness (QED) is 0.816. The van der Waals surface area contributed by atoms with Crippen LogP contribution >= 0.6 is 11.6 Å². The number of pyridine rings is 1. The highest BCUT2D eigenvalue weighted by Gasteiger charge is 2.07. The van der Waals surface area contributed by atoms with E-state index in [4.69, 9.17) is 17.3 Å². The summed E-state index contributed by atoms with van der Waals surface area (Å²) in [4.78, 5) is 4.07. The summed E-state index contributed by atoms with van der Waals surface area (Å²) in [7, 11) is 0. The van der Waals surface area contributed by atoms with E-state index in [2.05, 4.69) is 37.0 Å². The van der Waals surface area contributed by atoms with Crippen molar-refractivity contribution in [1.29, 1.82) is 0 Å². The molecule has 1 aromatic carbocycles. The molecule has 0 aliphatic carbocycles. The number of aromatic nitrogens is 1. The van der Waals surface area contributed by atoms with E-state index in [1.54, 1.807) is 6.20 Å². The van der Waals surface area contributed by atoms with Crippen LogP contribution in [0.3, 0.4) is 0 Å². The first-order valence-corrected chi connectivity index (χ1v) is 5.44. The van der Waals surface area contributed by atoms with Crippen molar-refractivity contribution in [3.63, 3.8) is 0 Å². The van der Waals surface area contributed by atoms with E-state index in [-0.39, 0.29) is 0 Å². The van der Waals surface area contributed by atoms with Gasteiger partial charge in [-0.15, -0.1) is 0 Å². The Morgan fingerprint density at radius 3 is 2.62 bits per heavy atom. The smallest absolute Gasteiger partial charge is 0.131 e. The summed E-state index contributed by atoms with van der Waals surface area (Å²) < 4.78 is 0. The zero-order valence-corrected chi connectivity index (χ0v) is 10.0. The number of nitrogens with two attached hydrogens (primary N) is 1. The molecule has 0 fully saturated rings. The fourth-order valence-electron chi connectivity index (χ4n) is 1.69. The number of halogens is 1. The molecular formula is C13H13ClN2. The van der Waals surface area contributed by atoms with Gasteiger partial charge in [0.1, 0.15) is 5.82 Å². The summed E-state index contributed by atoms with van der Waals surface area (Å²) >= 11 is 5.94. The molecule has 2 rings (SSSR count). The van der Waals surface area contributed by atoms with E-state index in [0.717, 1.165) is 11.1 Å². The molecule has 0 radical (unpaired) electrons. The van der Waals surface area contributed by atoms with Crippen LogP contribution in [0.25, 0.3) is 11.1 Å². The second-order valence-electron chi connectivity index (χ2n) is 3.90. The number of hydrogen-bond acceptors (Lipinski definition) is 2. The lowest BCUT2D eigenvalue weighted by Gasteiger charge is -2.09. The van der Waals surface area contributed by atoms with Gasteiger partial charge < -0.3 is 5.73 Å². The Labute approximate surface area is 100 Å².